The number of rotatable bonds is 6. The number of carbonyl (C=O) groups is 2. The van der Waals surface area contributed by atoms with E-state index in [9.17, 15) is 23.2 Å². The number of nitriles is 1. The molecule has 2 atom stereocenters. The summed E-state index contributed by atoms with van der Waals surface area (Å²) in [4.78, 5) is 25.7. The summed E-state index contributed by atoms with van der Waals surface area (Å²) in [7, 11) is 0. The summed E-state index contributed by atoms with van der Waals surface area (Å²) >= 11 is 0. The van der Waals surface area contributed by atoms with Crippen molar-refractivity contribution in [2.45, 2.75) is 50.0 Å². The number of nitrogens with zero attached hydrogens (tertiary/aromatic N) is 5. The Kier molecular flexibility index (Phi) is 7.53. The molecule has 0 radical (unpaired) electrons. The molecule has 1 amide bonds. The number of aromatic nitrogens is 4. The Hall–Kier alpha value is -4.25. The van der Waals surface area contributed by atoms with E-state index < -0.39 is 12.1 Å². The van der Waals surface area contributed by atoms with Gasteiger partial charge >= 0.3 is 18.1 Å². The molecule has 3 aromatic rings. The van der Waals surface area contributed by atoms with Crippen molar-refractivity contribution < 1.29 is 32.3 Å². The third-order valence-electron chi connectivity index (χ3n) is 5.84. The molecule has 2 aromatic heterocycles. The number of benzene rings is 1. The Morgan fingerprint density at radius 1 is 1.32 bits per heavy atom. The highest BCUT2D eigenvalue weighted by atomic mass is 19.4. The van der Waals surface area contributed by atoms with Crippen LogP contribution < -0.4 is 10.6 Å². The van der Waals surface area contributed by atoms with E-state index in [1.807, 2.05) is 24.4 Å². The first kappa shape index (κ1) is 25.8. The van der Waals surface area contributed by atoms with Gasteiger partial charge in [0.1, 0.15) is 0 Å². The van der Waals surface area contributed by atoms with Crippen LogP contribution in [0.1, 0.15) is 47.0 Å². The monoisotopic (exact) mass is 517 g/mol. The van der Waals surface area contributed by atoms with Crippen LogP contribution in [0, 0.1) is 11.3 Å². The van der Waals surface area contributed by atoms with Crippen LogP contribution in [0.3, 0.4) is 0 Å². The molecule has 14 heteroatoms. The van der Waals surface area contributed by atoms with Gasteiger partial charge in [0, 0.05) is 30.4 Å². The van der Waals surface area contributed by atoms with E-state index in [2.05, 4.69) is 32.0 Å². The number of carboxylic acid groups (broad SMARTS) is 1. The normalized spacial score (nSPS) is 19.0. The van der Waals surface area contributed by atoms with E-state index in [4.69, 9.17) is 14.3 Å². The maximum atomic E-state index is 12.6. The van der Waals surface area contributed by atoms with Gasteiger partial charge in [-0.2, -0.15) is 18.4 Å². The van der Waals surface area contributed by atoms with Crippen LogP contribution in [0.2, 0.25) is 0 Å². The minimum atomic E-state index is -5.08. The van der Waals surface area contributed by atoms with E-state index in [0.717, 1.165) is 30.4 Å². The number of halogens is 3. The van der Waals surface area contributed by atoms with E-state index in [1.54, 1.807) is 17.1 Å². The lowest BCUT2D eigenvalue weighted by Gasteiger charge is -2.11. The first-order valence-electron chi connectivity index (χ1n) is 11.3. The van der Waals surface area contributed by atoms with Gasteiger partial charge in [-0.05, 0) is 42.9 Å². The Balaban J connectivity index is 0.000000405. The zero-order valence-corrected chi connectivity index (χ0v) is 19.3. The van der Waals surface area contributed by atoms with Crippen molar-refractivity contribution >= 4 is 11.9 Å². The Morgan fingerprint density at radius 3 is 2.70 bits per heavy atom. The van der Waals surface area contributed by atoms with Crippen LogP contribution in [0.25, 0.3) is 11.3 Å². The van der Waals surface area contributed by atoms with E-state index in [-0.39, 0.29) is 23.9 Å². The summed E-state index contributed by atoms with van der Waals surface area (Å²) in [6.45, 7) is 1.38. The highest BCUT2D eigenvalue weighted by molar-refractivity contribution is 5.90. The molecule has 1 saturated heterocycles. The number of hydrogen-bond donors (Lipinski definition) is 3. The largest absolute Gasteiger partial charge is 0.490 e. The molecule has 194 valence electrons. The number of amides is 1. The number of aliphatic carboxylic acids is 1. The molecule has 3 N–H and O–H groups in total. The molecular weight excluding hydrogens is 495 g/mol. The Bertz CT molecular complexity index is 1300. The summed E-state index contributed by atoms with van der Waals surface area (Å²) < 4.78 is 39.3. The molecule has 2 aliphatic rings. The topological polar surface area (TPSA) is 159 Å². The van der Waals surface area contributed by atoms with Gasteiger partial charge in [0.2, 0.25) is 0 Å². The van der Waals surface area contributed by atoms with Gasteiger partial charge in [0.15, 0.2) is 5.76 Å². The SMILES string of the molecule is N#Cc1ccc(C2CC2)c(-c2cnc(C(=O)N[C@H]3CN[C@H](Cn4ccnn4)C3)o2)c1.O=C(O)C(F)(F)F. The summed E-state index contributed by atoms with van der Waals surface area (Å²) in [6, 6.07) is 7.98. The van der Waals surface area contributed by atoms with Gasteiger partial charge in [-0.25, -0.2) is 9.78 Å². The number of carboxylic acids is 1. The summed E-state index contributed by atoms with van der Waals surface area (Å²) in [5.74, 6) is -2.05. The van der Waals surface area contributed by atoms with Crippen molar-refractivity contribution in [2.24, 2.45) is 0 Å². The molecule has 11 nitrogen and oxygen atoms in total. The fourth-order valence-corrected chi connectivity index (χ4v) is 3.96. The molecule has 1 saturated carbocycles. The molecule has 0 spiro atoms. The average Bonchev–Trinajstić information content (AvgIpc) is 3.23. The van der Waals surface area contributed by atoms with Crippen LogP contribution in [0.4, 0.5) is 13.2 Å². The van der Waals surface area contributed by atoms with Gasteiger partial charge < -0.3 is 20.2 Å². The predicted octanol–water partition coefficient (Wildman–Crippen LogP) is 2.48. The van der Waals surface area contributed by atoms with Gasteiger partial charge in [-0.1, -0.05) is 11.3 Å². The molecule has 0 unspecified atom stereocenters. The second-order valence-electron chi connectivity index (χ2n) is 8.66. The molecule has 1 aliphatic heterocycles. The maximum absolute atomic E-state index is 12.6. The van der Waals surface area contributed by atoms with Gasteiger partial charge in [0.05, 0.1) is 30.6 Å². The Labute approximate surface area is 208 Å². The van der Waals surface area contributed by atoms with Crippen molar-refractivity contribution in [1.29, 1.82) is 5.26 Å². The summed E-state index contributed by atoms with van der Waals surface area (Å²) in [5.41, 5.74) is 2.55. The van der Waals surface area contributed by atoms with Crippen LogP contribution in [0.15, 0.2) is 41.2 Å². The highest BCUT2D eigenvalue weighted by Crippen LogP contribution is 2.44. The van der Waals surface area contributed by atoms with Crippen LogP contribution in [-0.2, 0) is 11.3 Å². The lowest BCUT2D eigenvalue weighted by atomic mass is 9.99. The average molecular weight is 517 g/mol. The number of alkyl halides is 3. The zero-order valence-electron chi connectivity index (χ0n) is 19.3. The number of oxazole rings is 1. The number of nitrogens with one attached hydrogen (secondary N) is 2. The fourth-order valence-electron chi connectivity index (χ4n) is 3.96. The van der Waals surface area contributed by atoms with Gasteiger partial charge in [0.25, 0.3) is 5.89 Å². The standard InChI is InChI=1S/C21H21N7O2.C2HF3O2/c22-9-13-1-4-17(14-2-3-14)18(7-13)19-11-24-21(30-19)20(29)26-15-8-16(23-10-15)12-28-6-5-25-27-28;3-2(4,5)1(6)7/h1,4-7,11,14-16,23H,2-3,8,10,12H2,(H,26,29);(H,6,7)/t15-,16+;/m1./s1. The fraction of sp³-hybridized carbons (Fsp3) is 0.391. The van der Waals surface area contributed by atoms with Crippen LogP contribution in [-0.4, -0.2) is 61.8 Å². The molecule has 5 rings (SSSR count). The second kappa shape index (κ2) is 10.8. The smallest absolute Gasteiger partial charge is 0.475 e. The molecule has 2 fully saturated rings. The number of carbonyl (C=O) groups excluding carboxylic acids is 1. The molecule has 1 aliphatic carbocycles. The second-order valence-corrected chi connectivity index (χ2v) is 8.66. The summed E-state index contributed by atoms with van der Waals surface area (Å²) in [5, 5.41) is 30.5. The zero-order chi connectivity index (χ0) is 26.6. The Morgan fingerprint density at radius 2 is 2.08 bits per heavy atom. The van der Waals surface area contributed by atoms with Gasteiger partial charge in [-0.3, -0.25) is 9.48 Å². The minimum Gasteiger partial charge on any atom is -0.475 e. The molecule has 1 aromatic carbocycles. The third-order valence-corrected chi connectivity index (χ3v) is 5.84. The van der Waals surface area contributed by atoms with Crippen molar-refractivity contribution in [3.05, 3.63) is 53.8 Å². The molecule has 3 heterocycles. The van der Waals surface area contributed by atoms with E-state index in [1.165, 1.54) is 0 Å². The highest BCUT2D eigenvalue weighted by Gasteiger charge is 2.38. The lowest BCUT2D eigenvalue weighted by molar-refractivity contribution is -0.192. The van der Waals surface area contributed by atoms with Crippen molar-refractivity contribution in [2.75, 3.05) is 6.54 Å². The first-order chi connectivity index (χ1) is 17.6. The lowest BCUT2D eigenvalue weighted by Crippen LogP contribution is -2.36. The minimum absolute atomic E-state index is 0.00897. The van der Waals surface area contributed by atoms with Crippen molar-refractivity contribution in [1.82, 2.24) is 30.6 Å². The van der Waals surface area contributed by atoms with Crippen LogP contribution in [0.5, 0.6) is 0 Å². The number of hydrogen-bond acceptors (Lipinski definition) is 8. The molecule has 0 bridgehead atoms. The van der Waals surface area contributed by atoms with E-state index in [0.29, 0.717) is 30.3 Å². The third kappa shape index (κ3) is 6.70. The summed E-state index contributed by atoms with van der Waals surface area (Å²) in [6.07, 6.45) is 3.00. The first-order valence-corrected chi connectivity index (χ1v) is 11.3. The van der Waals surface area contributed by atoms with Crippen molar-refractivity contribution in [3.8, 4) is 17.4 Å². The van der Waals surface area contributed by atoms with Crippen LogP contribution >= 0.6 is 0 Å². The quantitative estimate of drug-likeness (QED) is 0.446. The maximum Gasteiger partial charge on any atom is 0.490 e. The molecular formula is C23H22F3N7O4. The van der Waals surface area contributed by atoms with Gasteiger partial charge in [-0.15, -0.1) is 5.10 Å². The molecule has 37 heavy (non-hydrogen) atoms. The predicted molar refractivity (Wildman–Crippen MR) is 120 cm³/mol. The van der Waals surface area contributed by atoms with Crippen molar-refractivity contribution in [3.63, 3.8) is 0 Å². The van der Waals surface area contributed by atoms with E-state index >= 15 is 0 Å².